The monoisotopic (exact) mass is 401 g/mol. The number of aromatic nitrogens is 4. The van der Waals surface area contributed by atoms with Crippen LogP contribution in [0.3, 0.4) is 0 Å². The third kappa shape index (κ3) is 4.76. The minimum Gasteiger partial charge on any atom is -1.00 e. The second-order valence-corrected chi connectivity index (χ2v) is 6.60. The SMILES string of the molecule is O=C(c1ccco1)N1CCN(Cc2nnnn2CCc2ccccc2)CC1.[Cl-]. The molecule has 1 aliphatic heterocycles. The summed E-state index contributed by atoms with van der Waals surface area (Å²) >= 11 is 0. The fraction of sp³-hybridized carbons (Fsp3) is 0.368. The van der Waals surface area contributed by atoms with Crippen LogP contribution >= 0.6 is 0 Å². The maximum absolute atomic E-state index is 12.3. The van der Waals surface area contributed by atoms with Crippen LogP contribution in [0.4, 0.5) is 0 Å². The Labute approximate surface area is 169 Å². The maximum Gasteiger partial charge on any atom is 0.289 e. The minimum atomic E-state index is -0.0488. The largest absolute Gasteiger partial charge is 1.00 e. The van der Waals surface area contributed by atoms with Gasteiger partial charge in [-0.2, -0.15) is 0 Å². The highest BCUT2D eigenvalue weighted by atomic mass is 35.5. The maximum atomic E-state index is 12.3. The van der Waals surface area contributed by atoms with Gasteiger partial charge >= 0.3 is 0 Å². The molecule has 1 aromatic carbocycles. The number of amides is 1. The molecule has 1 aliphatic rings. The molecule has 148 valence electrons. The van der Waals surface area contributed by atoms with Crippen molar-refractivity contribution in [3.05, 3.63) is 65.9 Å². The Morgan fingerprint density at radius 1 is 1.04 bits per heavy atom. The van der Waals surface area contributed by atoms with Gasteiger partial charge in [0.2, 0.25) is 0 Å². The summed E-state index contributed by atoms with van der Waals surface area (Å²) in [7, 11) is 0. The summed E-state index contributed by atoms with van der Waals surface area (Å²) in [5, 5.41) is 12.1. The molecule has 0 saturated carbocycles. The number of hydrogen-bond donors (Lipinski definition) is 0. The van der Waals surface area contributed by atoms with Crippen LogP contribution in [0, 0.1) is 0 Å². The Kier molecular flexibility index (Phi) is 6.78. The number of furan rings is 1. The van der Waals surface area contributed by atoms with Gasteiger partial charge in [-0.1, -0.05) is 30.3 Å². The third-order valence-electron chi connectivity index (χ3n) is 4.82. The average Bonchev–Trinajstić information content (AvgIpc) is 3.40. The molecule has 0 radical (unpaired) electrons. The fourth-order valence-corrected chi connectivity index (χ4v) is 3.26. The van der Waals surface area contributed by atoms with Crippen molar-refractivity contribution in [3.63, 3.8) is 0 Å². The zero-order valence-corrected chi connectivity index (χ0v) is 16.2. The highest BCUT2D eigenvalue weighted by molar-refractivity contribution is 5.91. The first-order valence-electron chi connectivity index (χ1n) is 9.14. The van der Waals surface area contributed by atoms with Crippen LogP contribution in [-0.2, 0) is 19.5 Å². The van der Waals surface area contributed by atoms with Crippen molar-refractivity contribution in [1.82, 2.24) is 30.0 Å². The number of carbonyl (C=O) groups excluding carboxylic acids is 1. The van der Waals surface area contributed by atoms with Gasteiger partial charge in [-0.3, -0.25) is 9.69 Å². The molecule has 8 nitrogen and oxygen atoms in total. The fourth-order valence-electron chi connectivity index (χ4n) is 3.26. The first kappa shape index (κ1) is 20.0. The number of piperazine rings is 1. The second kappa shape index (κ2) is 9.48. The van der Waals surface area contributed by atoms with Gasteiger partial charge in [0.05, 0.1) is 12.8 Å². The van der Waals surface area contributed by atoms with E-state index in [1.807, 2.05) is 27.8 Å². The normalized spacial score (nSPS) is 14.6. The number of rotatable bonds is 6. The molecule has 0 unspecified atom stereocenters. The number of halogens is 1. The number of hydrogen-bond acceptors (Lipinski definition) is 6. The molecular weight excluding hydrogens is 380 g/mol. The Bertz CT molecular complexity index is 860. The molecule has 9 heteroatoms. The van der Waals surface area contributed by atoms with Crippen molar-refractivity contribution in [1.29, 1.82) is 0 Å². The van der Waals surface area contributed by atoms with E-state index >= 15 is 0 Å². The van der Waals surface area contributed by atoms with Crippen molar-refractivity contribution < 1.29 is 21.6 Å². The summed E-state index contributed by atoms with van der Waals surface area (Å²) in [4.78, 5) is 16.4. The summed E-state index contributed by atoms with van der Waals surface area (Å²) in [6.45, 7) is 4.36. The molecule has 1 saturated heterocycles. The van der Waals surface area contributed by atoms with Gasteiger partial charge in [-0.25, -0.2) is 4.68 Å². The van der Waals surface area contributed by atoms with Crippen LogP contribution in [0.1, 0.15) is 21.9 Å². The molecule has 3 aromatic rings. The molecule has 1 amide bonds. The van der Waals surface area contributed by atoms with Crippen LogP contribution in [0.15, 0.2) is 53.1 Å². The molecule has 1 fully saturated rings. The summed E-state index contributed by atoms with van der Waals surface area (Å²) in [5.74, 6) is 1.21. The zero-order valence-electron chi connectivity index (χ0n) is 15.4. The molecule has 28 heavy (non-hydrogen) atoms. The number of carbonyl (C=O) groups is 1. The highest BCUT2D eigenvalue weighted by Gasteiger charge is 2.24. The van der Waals surface area contributed by atoms with Gasteiger partial charge in [0.25, 0.3) is 5.91 Å². The molecule has 4 rings (SSSR count). The zero-order chi connectivity index (χ0) is 18.5. The molecule has 0 aliphatic carbocycles. The first-order chi connectivity index (χ1) is 13.3. The smallest absolute Gasteiger partial charge is 0.289 e. The predicted molar refractivity (Wildman–Crippen MR) is 97.9 cm³/mol. The van der Waals surface area contributed by atoms with Gasteiger partial charge < -0.3 is 21.7 Å². The lowest BCUT2D eigenvalue weighted by Gasteiger charge is -2.33. The van der Waals surface area contributed by atoms with Gasteiger partial charge in [0.1, 0.15) is 0 Å². The molecule has 0 spiro atoms. The van der Waals surface area contributed by atoms with Crippen molar-refractivity contribution in [2.24, 2.45) is 0 Å². The lowest BCUT2D eigenvalue weighted by molar-refractivity contribution is -0.0000166. The highest BCUT2D eigenvalue weighted by Crippen LogP contribution is 2.11. The molecule has 0 bridgehead atoms. The van der Waals surface area contributed by atoms with Crippen molar-refractivity contribution >= 4 is 5.91 Å². The summed E-state index contributed by atoms with van der Waals surface area (Å²) < 4.78 is 7.07. The van der Waals surface area contributed by atoms with Gasteiger partial charge in [-0.15, -0.1) is 5.10 Å². The quantitative estimate of drug-likeness (QED) is 0.498. The van der Waals surface area contributed by atoms with Gasteiger partial charge in [-0.05, 0) is 34.5 Å². The van der Waals surface area contributed by atoms with E-state index in [0.717, 1.165) is 31.9 Å². The van der Waals surface area contributed by atoms with E-state index in [9.17, 15) is 4.79 Å². The Hall–Kier alpha value is -2.71. The van der Waals surface area contributed by atoms with E-state index < -0.39 is 0 Å². The van der Waals surface area contributed by atoms with E-state index in [-0.39, 0.29) is 18.3 Å². The standard InChI is InChI=1S/C19H22N6O2.ClH/c26-19(17-7-4-14-27-17)24-12-10-23(11-13-24)15-18-20-21-22-25(18)9-8-16-5-2-1-3-6-16;/h1-7,14H,8-13,15H2;1H/p-1. The van der Waals surface area contributed by atoms with Crippen LogP contribution < -0.4 is 12.4 Å². The summed E-state index contributed by atoms with van der Waals surface area (Å²) in [6, 6.07) is 13.8. The molecular formula is C19H22ClN6O2-. The van der Waals surface area contributed by atoms with Crippen LogP contribution in [0.25, 0.3) is 0 Å². The Morgan fingerprint density at radius 3 is 2.54 bits per heavy atom. The second-order valence-electron chi connectivity index (χ2n) is 6.60. The third-order valence-corrected chi connectivity index (χ3v) is 4.82. The number of tetrazole rings is 1. The summed E-state index contributed by atoms with van der Waals surface area (Å²) in [5.41, 5.74) is 1.27. The van der Waals surface area contributed by atoms with Gasteiger partial charge in [0, 0.05) is 32.7 Å². The first-order valence-corrected chi connectivity index (χ1v) is 9.14. The van der Waals surface area contributed by atoms with Crippen molar-refractivity contribution in [2.75, 3.05) is 26.2 Å². The van der Waals surface area contributed by atoms with Crippen LogP contribution in [0.2, 0.25) is 0 Å². The number of aryl methyl sites for hydroxylation is 2. The molecule has 3 heterocycles. The molecule has 0 atom stereocenters. The topological polar surface area (TPSA) is 80.3 Å². The Balaban J connectivity index is 0.00000225. The number of nitrogens with zero attached hydrogens (tertiary/aromatic N) is 6. The average molecular weight is 402 g/mol. The van der Waals surface area contributed by atoms with Crippen molar-refractivity contribution in [2.45, 2.75) is 19.5 Å². The lowest BCUT2D eigenvalue weighted by Crippen LogP contribution is -3.00. The van der Waals surface area contributed by atoms with E-state index in [1.54, 1.807) is 12.1 Å². The van der Waals surface area contributed by atoms with Crippen molar-refractivity contribution in [3.8, 4) is 0 Å². The van der Waals surface area contributed by atoms with E-state index in [2.05, 4.69) is 32.6 Å². The van der Waals surface area contributed by atoms with Gasteiger partial charge in [0.15, 0.2) is 11.6 Å². The van der Waals surface area contributed by atoms with E-state index in [1.165, 1.54) is 11.8 Å². The van der Waals surface area contributed by atoms with Crippen LogP contribution in [0.5, 0.6) is 0 Å². The Morgan fingerprint density at radius 2 is 1.82 bits per heavy atom. The summed E-state index contributed by atoms with van der Waals surface area (Å²) in [6.07, 6.45) is 2.42. The number of benzene rings is 1. The molecule has 2 aromatic heterocycles. The molecule has 0 N–H and O–H groups in total. The minimum absolute atomic E-state index is 0. The lowest BCUT2D eigenvalue weighted by atomic mass is 10.1. The van der Waals surface area contributed by atoms with E-state index in [0.29, 0.717) is 25.4 Å². The van der Waals surface area contributed by atoms with Crippen LogP contribution in [-0.4, -0.2) is 62.1 Å². The van der Waals surface area contributed by atoms with E-state index in [4.69, 9.17) is 4.42 Å². The predicted octanol–water partition coefficient (Wildman–Crippen LogP) is -1.53.